The van der Waals surface area contributed by atoms with Gasteiger partial charge in [-0.1, -0.05) is 23.8 Å². The summed E-state index contributed by atoms with van der Waals surface area (Å²) in [5.41, 5.74) is 1.25. The fourth-order valence-corrected chi connectivity index (χ4v) is 1.48. The molecule has 1 rings (SSSR count). The zero-order valence-corrected chi connectivity index (χ0v) is 9.70. The molecule has 0 radical (unpaired) electrons. The highest BCUT2D eigenvalue weighted by atomic mass is 16.5. The SMILES string of the molecule is C=C(C)CCCC(C)Oc1ccccc1. The van der Waals surface area contributed by atoms with Crippen molar-refractivity contribution in [2.24, 2.45) is 0 Å². The third-order valence-electron chi connectivity index (χ3n) is 2.29. The molecule has 1 aromatic carbocycles. The van der Waals surface area contributed by atoms with Gasteiger partial charge in [-0.25, -0.2) is 0 Å². The van der Waals surface area contributed by atoms with E-state index in [-0.39, 0.29) is 6.10 Å². The van der Waals surface area contributed by atoms with Gasteiger partial charge in [0.1, 0.15) is 5.75 Å². The van der Waals surface area contributed by atoms with E-state index in [1.807, 2.05) is 30.3 Å². The summed E-state index contributed by atoms with van der Waals surface area (Å²) in [6.07, 6.45) is 3.62. The van der Waals surface area contributed by atoms with Crippen LogP contribution in [0.4, 0.5) is 0 Å². The minimum Gasteiger partial charge on any atom is -0.491 e. The highest BCUT2D eigenvalue weighted by molar-refractivity contribution is 5.21. The van der Waals surface area contributed by atoms with Gasteiger partial charge in [-0.2, -0.15) is 0 Å². The van der Waals surface area contributed by atoms with Gasteiger partial charge < -0.3 is 4.74 Å². The van der Waals surface area contributed by atoms with Crippen molar-refractivity contribution in [3.63, 3.8) is 0 Å². The maximum atomic E-state index is 5.77. The van der Waals surface area contributed by atoms with Crippen molar-refractivity contribution in [2.45, 2.75) is 39.2 Å². The summed E-state index contributed by atoms with van der Waals surface area (Å²) in [5.74, 6) is 0.959. The van der Waals surface area contributed by atoms with Crippen molar-refractivity contribution < 1.29 is 4.74 Å². The molecule has 0 amide bonds. The topological polar surface area (TPSA) is 9.23 Å². The largest absolute Gasteiger partial charge is 0.491 e. The van der Waals surface area contributed by atoms with E-state index < -0.39 is 0 Å². The third-order valence-corrected chi connectivity index (χ3v) is 2.29. The Morgan fingerprint density at radius 1 is 1.33 bits per heavy atom. The molecule has 0 bridgehead atoms. The van der Waals surface area contributed by atoms with Gasteiger partial charge in [-0.05, 0) is 45.2 Å². The van der Waals surface area contributed by atoms with Crippen LogP contribution in [-0.4, -0.2) is 6.10 Å². The van der Waals surface area contributed by atoms with Crippen LogP contribution in [0.3, 0.4) is 0 Å². The number of ether oxygens (including phenoxy) is 1. The molecule has 0 aliphatic heterocycles. The molecule has 0 aromatic heterocycles. The second-order valence-corrected chi connectivity index (χ2v) is 4.09. The molecule has 0 spiro atoms. The highest BCUT2D eigenvalue weighted by Crippen LogP contribution is 2.14. The van der Waals surface area contributed by atoms with E-state index in [9.17, 15) is 0 Å². The maximum Gasteiger partial charge on any atom is 0.119 e. The molecular formula is C14H20O. The minimum absolute atomic E-state index is 0.284. The van der Waals surface area contributed by atoms with Gasteiger partial charge in [0.25, 0.3) is 0 Å². The van der Waals surface area contributed by atoms with Crippen molar-refractivity contribution in [3.8, 4) is 5.75 Å². The van der Waals surface area contributed by atoms with Gasteiger partial charge in [0.05, 0.1) is 6.10 Å². The van der Waals surface area contributed by atoms with E-state index in [1.54, 1.807) is 0 Å². The standard InChI is InChI=1S/C14H20O/c1-12(2)8-7-9-13(3)15-14-10-5-4-6-11-14/h4-6,10-11,13H,1,7-9H2,2-3H3. The summed E-state index contributed by atoms with van der Waals surface area (Å²) in [4.78, 5) is 0. The van der Waals surface area contributed by atoms with Crippen LogP contribution in [0, 0.1) is 0 Å². The molecule has 1 nitrogen and oxygen atoms in total. The Labute approximate surface area is 92.8 Å². The van der Waals surface area contributed by atoms with Crippen LogP contribution in [0.2, 0.25) is 0 Å². The Bertz CT molecular complexity index is 289. The summed E-state index contributed by atoms with van der Waals surface area (Å²) in [7, 11) is 0. The summed E-state index contributed by atoms with van der Waals surface area (Å²) in [5, 5.41) is 0. The van der Waals surface area contributed by atoms with Crippen LogP contribution in [0.5, 0.6) is 5.75 Å². The highest BCUT2D eigenvalue weighted by Gasteiger charge is 2.02. The Balaban J connectivity index is 2.24. The van der Waals surface area contributed by atoms with Crippen molar-refractivity contribution in [1.82, 2.24) is 0 Å². The van der Waals surface area contributed by atoms with E-state index in [0.717, 1.165) is 25.0 Å². The van der Waals surface area contributed by atoms with Crippen LogP contribution < -0.4 is 4.74 Å². The Morgan fingerprint density at radius 3 is 2.60 bits per heavy atom. The Hall–Kier alpha value is -1.24. The zero-order valence-electron chi connectivity index (χ0n) is 9.70. The molecule has 0 aliphatic rings. The summed E-state index contributed by atoms with van der Waals surface area (Å²) >= 11 is 0. The number of para-hydroxylation sites is 1. The number of allylic oxidation sites excluding steroid dienone is 1. The van der Waals surface area contributed by atoms with Gasteiger partial charge in [0.15, 0.2) is 0 Å². The predicted molar refractivity (Wildman–Crippen MR) is 65.2 cm³/mol. The van der Waals surface area contributed by atoms with E-state index in [2.05, 4.69) is 20.4 Å². The normalized spacial score (nSPS) is 12.1. The van der Waals surface area contributed by atoms with Crippen molar-refractivity contribution in [2.75, 3.05) is 0 Å². The third kappa shape index (κ3) is 5.26. The number of benzene rings is 1. The minimum atomic E-state index is 0.284. The van der Waals surface area contributed by atoms with Crippen LogP contribution >= 0.6 is 0 Å². The number of hydrogen-bond donors (Lipinski definition) is 0. The average Bonchev–Trinajstić information content (AvgIpc) is 2.18. The molecule has 0 aliphatic carbocycles. The number of rotatable bonds is 6. The van der Waals surface area contributed by atoms with E-state index >= 15 is 0 Å². The lowest BCUT2D eigenvalue weighted by Gasteiger charge is -2.14. The fourth-order valence-electron chi connectivity index (χ4n) is 1.48. The summed E-state index contributed by atoms with van der Waals surface area (Å²) in [6, 6.07) is 9.98. The second kappa shape index (κ2) is 6.28. The van der Waals surface area contributed by atoms with E-state index in [4.69, 9.17) is 4.74 Å². The van der Waals surface area contributed by atoms with Gasteiger partial charge in [0, 0.05) is 0 Å². The van der Waals surface area contributed by atoms with Crippen molar-refractivity contribution >= 4 is 0 Å². The molecule has 0 saturated carbocycles. The first-order valence-corrected chi connectivity index (χ1v) is 5.54. The van der Waals surface area contributed by atoms with Gasteiger partial charge in [-0.15, -0.1) is 6.58 Å². The first-order chi connectivity index (χ1) is 7.18. The molecular weight excluding hydrogens is 184 g/mol. The lowest BCUT2D eigenvalue weighted by molar-refractivity contribution is 0.208. The Kier molecular flexibility index (Phi) is 4.96. The van der Waals surface area contributed by atoms with E-state index in [0.29, 0.717) is 0 Å². The second-order valence-electron chi connectivity index (χ2n) is 4.09. The van der Waals surface area contributed by atoms with Crippen molar-refractivity contribution in [1.29, 1.82) is 0 Å². The molecule has 1 atom stereocenters. The summed E-state index contributed by atoms with van der Waals surface area (Å²) < 4.78 is 5.77. The molecule has 82 valence electrons. The summed E-state index contributed by atoms with van der Waals surface area (Å²) in [6.45, 7) is 8.08. The molecule has 0 saturated heterocycles. The average molecular weight is 204 g/mol. The van der Waals surface area contributed by atoms with Gasteiger partial charge in [-0.3, -0.25) is 0 Å². The van der Waals surface area contributed by atoms with Crippen LogP contribution in [-0.2, 0) is 0 Å². The van der Waals surface area contributed by atoms with Crippen LogP contribution in [0.1, 0.15) is 33.1 Å². The fraction of sp³-hybridized carbons (Fsp3) is 0.429. The quantitative estimate of drug-likeness (QED) is 0.631. The first kappa shape index (κ1) is 11.8. The van der Waals surface area contributed by atoms with Crippen LogP contribution in [0.25, 0.3) is 0 Å². The molecule has 1 unspecified atom stereocenters. The van der Waals surface area contributed by atoms with E-state index in [1.165, 1.54) is 5.57 Å². The van der Waals surface area contributed by atoms with Gasteiger partial charge >= 0.3 is 0 Å². The van der Waals surface area contributed by atoms with Crippen LogP contribution in [0.15, 0.2) is 42.5 Å². The zero-order chi connectivity index (χ0) is 11.1. The first-order valence-electron chi connectivity index (χ1n) is 5.54. The molecule has 0 fully saturated rings. The molecule has 1 aromatic rings. The molecule has 0 N–H and O–H groups in total. The lowest BCUT2D eigenvalue weighted by atomic mass is 10.1. The monoisotopic (exact) mass is 204 g/mol. The van der Waals surface area contributed by atoms with Gasteiger partial charge in [0.2, 0.25) is 0 Å². The van der Waals surface area contributed by atoms with Crippen molar-refractivity contribution in [3.05, 3.63) is 42.5 Å². The predicted octanol–water partition coefficient (Wildman–Crippen LogP) is 4.20. The lowest BCUT2D eigenvalue weighted by Crippen LogP contribution is -2.11. The smallest absolute Gasteiger partial charge is 0.119 e. The Morgan fingerprint density at radius 2 is 2.00 bits per heavy atom. The number of hydrogen-bond acceptors (Lipinski definition) is 1. The molecule has 15 heavy (non-hydrogen) atoms. The molecule has 1 heteroatoms. The maximum absolute atomic E-state index is 5.77. The molecule has 0 heterocycles.